The minimum atomic E-state index is -1.32. The summed E-state index contributed by atoms with van der Waals surface area (Å²) in [6, 6.07) is 17.7. The van der Waals surface area contributed by atoms with Crippen molar-refractivity contribution >= 4 is 13.3 Å². The molecule has 0 saturated heterocycles. The van der Waals surface area contributed by atoms with Crippen LogP contribution in [-0.2, 0) is 0 Å². The predicted octanol–water partition coefficient (Wildman–Crippen LogP) is 7.39. The summed E-state index contributed by atoms with van der Waals surface area (Å²) >= 11 is 0. The predicted molar refractivity (Wildman–Crippen MR) is 130 cm³/mol. The molecular weight excluding hydrogens is 368 g/mol. The van der Waals surface area contributed by atoms with Crippen molar-refractivity contribution in [3.8, 4) is 5.75 Å². The molecule has 0 saturated carbocycles. The van der Waals surface area contributed by atoms with Gasteiger partial charge in [0, 0.05) is 11.8 Å². The monoisotopic (exact) mass is 406 g/mol. The summed E-state index contributed by atoms with van der Waals surface area (Å²) in [7, 11) is -1.32. The molecule has 2 rings (SSSR count). The minimum absolute atomic E-state index is 0.000866. The fraction of sp³-hybridized carbons (Fsp3) is 0.407. The Bertz CT molecular complexity index is 796. The lowest BCUT2D eigenvalue weighted by Crippen LogP contribution is -2.38. The van der Waals surface area contributed by atoms with Gasteiger partial charge >= 0.3 is 0 Å². The van der Waals surface area contributed by atoms with E-state index >= 15 is 0 Å². The van der Waals surface area contributed by atoms with Gasteiger partial charge in [0.15, 0.2) is 0 Å². The maximum atomic E-state index is 5.44. The van der Waals surface area contributed by atoms with Gasteiger partial charge in [0.05, 0.1) is 14.3 Å². The van der Waals surface area contributed by atoms with Crippen molar-refractivity contribution in [1.29, 1.82) is 0 Å². The number of hydrogen-bond donors (Lipinski definition) is 0. The standard InChI is InChI=1S/C27H38OSi/c1-11-28-22-16-12-20(13-17-22)24(26(2,3)4)25(27(5,6)7)21-14-18-23(19-15-21)29(8,9)10/h11-19H,1H2,2-10H3. The number of hydrogen-bond acceptors (Lipinski definition) is 1. The molecule has 0 aliphatic rings. The van der Waals surface area contributed by atoms with Gasteiger partial charge in [-0.25, -0.2) is 0 Å². The van der Waals surface area contributed by atoms with E-state index in [1.54, 1.807) is 0 Å². The topological polar surface area (TPSA) is 9.23 Å². The minimum Gasteiger partial charge on any atom is -0.466 e. The number of ether oxygens (including phenoxy) is 1. The van der Waals surface area contributed by atoms with E-state index in [1.807, 2.05) is 12.1 Å². The Kier molecular flexibility index (Phi) is 6.89. The Morgan fingerprint density at radius 2 is 1.10 bits per heavy atom. The molecule has 0 spiro atoms. The molecule has 0 aliphatic carbocycles. The lowest BCUT2D eigenvalue weighted by Gasteiger charge is -2.43. The van der Waals surface area contributed by atoms with Crippen LogP contribution in [0.5, 0.6) is 5.75 Å². The molecule has 0 fully saturated rings. The van der Waals surface area contributed by atoms with Gasteiger partial charge in [-0.1, -0.05) is 109 Å². The van der Waals surface area contributed by atoms with Crippen LogP contribution in [0.3, 0.4) is 0 Å². The van der Waals surface area contributed by atoms with E-state index in [-0.39, 0.29) is 10.8 Å². The molecule has 2 aromatic rings. The summed E-state index contributed by atoms with van der Waals surface area (Å²) in [5, 5.41) is 1.50. The second-order valence-corrected chi connectivity index (χ2v) is 16.0. The first-order valence-electron chi connectivity index (χ1n) is 10.5. The summed E-state index contributed by atoms with van der Waals surface area (Å²) < 4.78 is 5.44. The van der Waals surface area contributed by atoms with E-state index in [0.29, 0.717) is 0 Å². The van der Waals surface area contributed by atoms with Crippen LogP contribution in [0.15, 0.2) is 61.4 Å². The number of rotatable bonds is 6. The molecule has 2 radical (unpaired) electrons. The van der Waals surface area contributed by atoms with Gasteiger partial charge in [-0.15, -0.1) is 0 Å². The molecule has 2 aromatic carbocycles. The smallest absolute Gasteiger partial charge is 0.126 e. The van der Waals surface area contributed by atoms with Gasteiger partial charge in [-0.05, 0) is 34.1 Å². The fourth-order valence-corrected chi connectivity index (χ4v) is 5.00. The molecule has 0 aliphatic heterocycles. The van der Waals surface area contributed by atoms with Crippen LogP contribution in [0.4, 0.5) is 0 Å². The van der Waals surface area contributed by atoms with Gasteiger partial charge in [-0.3, -0.25) is 0 Å². The average molecular weight is 407 g/mol. The lowest BCUT2D eigenvalue weighted by atomic mass is 9.60. The SMILES string of the molecule is C=COc1ccc([C]([C](c2ccc([Si](C)(C)C)cc2)C(C)(C)C)C(C)(C)C)cc1. The zero-order chi connectivity index (χ0) is 22.0. The average Bonchev–Trinajstić information content (AvgIpc) is 2.58. The first-order valence-corrected chi connectivity index (χ1v) is 14.0. The molecule has 29 heavy (non-hydrogen) atoms. The van der Waals surface area contributed by atoms with Crippen molar-refractivity contribution in [1.82, 2.24) is 0 Å². The van der Waals surface area contributed by atoms with Crippen LogP contribution >= 0.6 is 0 Å². The molecular formula is C27H38OSi. The maximum absolute atomic E-state index is 5.44. The van der Waals surface area contributed by atoms with Crippen LogP contribution < -0.4 is 9.92 Å². The largest absolute Gasteiger partial charge is 0.466 e. The Morgan fingerprint density at radius 1 is 0.724 bits per heavy atom. The van der Waals surface area contributed by atoms with E-state index in [4.69, 9.17) is 4.74 Å². The zero-order valence-electron chi connectivity index (χ0n) is 19.8. The van der Waals surface area contributed by atoms with Crippen LogP contribution in [0.1, 0.15) is 52.7 Å². The van der Waals surface area contributed by atoms with Crippen molar-refractivity contribution in [2.75, 3.05) is 0 Å². The van der Waals surface area contributed by atoms with Crippen LogP contribution in [0, 0.1) is 22.7 Å². The molecule has 0 unspecified atom stereocenters. The molecule has 0 aromatic heterocycles. The first kappa shape index (κ1) is 23.5. The third-order valence-electron chi connectivity index (χ3n) is 5.15. The summed E-state index contributed by atoms with van der Waals surface area (Å²) in [6.45, 7) is 24.7. The van der Waals surface area contributed by atoms with Gasteiger partial charge in [-0.2, -0.15) is 0 Å². The van der Waals surface area contributed by atoms with E-state index in [0.717, 1.165) is 5.75 Å². The van der Waals surface area contributed by atoms with Crippen molar-refractivity contribution in [2.45, 2.75) is 61.2 Å². The van der Waals surface area contributed by atoms with Crippen LogP contribution in [0.2, 0.25) is 19.6 Å². The zero-order valence-corrected chi connectivity index (χ0v) is 20.8. The Balaban J connectivity index is 2.57. The molecule has 0 amide bonds. The summed E-state index contributed by atoms with van der Waals surface area (Å²) in [6.07, 6.45) is 1.47. The second kappa shape index (κ2) is 8.51. The number of benzene rings is 2. The molecule has 0 atom stereocenters. The van der Waals surface area contributed by atoms with Crippen LogP contribution in [0.25, 0.3) is 0 Å². The van der Waals surface area contributed by atoms with Gasteiger partial charge < -0.3 is 4.74 Å². The molecule has 156 valence electrons. The van der Waals surface area contributed by atoms with Crippen molar-refractivity contribution in [3.05, 3.63) is 84.3 Å². The van der Waals surface area contributed by atoms with E-state index in [2.05, 4.69) is 104 Å². The highest BCUT2D eigenvalue weighted by molar-refractivity contribution is 6.88. The second-order valence-electron chi connectivity index (χ2n) is 10.9. The normalized spacial score (nSPS) is 13.1. The summed E-state index contributed by atoms with van der Waals surface area (Å²) in [4.78, 5) is 0. The van der Waals surface area contributed by atoms with Crippen molar-refractivity contribution in [3.63, 3.8) is 0 Å². The summed E-state index contributed by atoms with van der Waals surface area (Å²) in [5.74, 6) is 3.61. The third kappa shape index (κ3) is 5.85. The highest BCUT2D eigenvalue weighted by Crippen LogP contribution is 2.51. The third-order valence-corrected chi connectivity index (χ3v) is 7.22. The summed E-state index contributed by atoms with van der Waals surface area (Å²) in [5.41, 5.74) is 2.57. The highest BCUT2D eigenvalue weighted by atomic mass is 28.3. The van der Waals surface area contributed by atoms with Gasteiger partial charge in [0.1, 0.15) is 5.75 Å². The maximum Gasteiger partial charge on any atom is 0.126 e. The molecule has 0 heterocycles. The highest BCUT2D eigenvalue weighted by Gasteiger charge is 2.42. The molecule has 2 heteroatoms. The van der Waals surface area contributed by atoms with Gasteiger partial charge in [0.2, 0.25) is 0 Å². The first-order chi connectivity index (χ1) is 13.2. The Labute approximate surface area is 180 Å². The van der Waals surface area contributed by atoms with Crippen molar-refractivity contribution < 1.29 is 4.74 Å². The van der Waals surface area contributed by atoms with E-state index < -0.39 is 8.07 Å². The fourth-order valence-electron chi connectivity index (χ4n) is 3.84. The van der Waals surface area contributed by atoms with Crippen LogP contribution in [-0.4, -0.2) is 8.07 Å². The van der Waals surface area contributed by atoms with Gasteiger partial charge in [0.25, 0.3) is 0 Å². The van der Waals surface area contributed by atoms with E-state index in [9.17, 15) is 0 Å². The Morgan fingerprint density at radius 3 is 1.41 bits per heavy atom. The molecule has 1 nitrogen and oxygen atoms in total. The van der Waals surface area contributed by atoms with Crippen molar-refractivity contribution in [2.24, 2.45) is 10.8 Å². The Hall–Kier alpha value is -1.80. The lowest BCUT2D eigenvalue weighted by molar-refractivity contribution is 0.366. The quantitative estimate of drug-likeness (QED) is 0.359. The van der Waals surface area contributed by atoms with E-state index in [1.165, 1.54) is 34.4 Å². The molecule has 0 bridgehead atoms. The molecule has 0 N–H and O–H groups in total.